The molecule has 5 heteroatoms. The van der Waals surface area contributed by atoms with Crippen molar-refractivity contribution in [3.05, 3.63) is 0 Å². The third kappa shape index (κ3) is 7.15. The fourth-order valence-corrected chi connectivity index (χ4v) is 2.17. The molecule has 5 nitrogen and oxygen atoms in total. The maximum Gasteiger partial charge on any atom is 0.224 e. The Labute approximate surface area is 116 Å². The van der Waals surface area contributed by atoms with Crippen LogP contribution in [0.5, 0.6) is 0 Å². The van der Waals surface area contributed by atoms with Gasteiger partial charge in [-0.3, -0.25) is 9.59 Å². The molecule has 0 bridgehead atoms. The molecule has 0 spiro atoms. The van der Waals surface area contributed by atoms with Crippen LogP contribution < -0.4 is 11.1 Å². The first-order valence-corrected chi connectivity index (χ1v) is 6.97. The summed E-state index contributed by atoms with van der Waals surface area (Å²) < 4.78 is 0. The Morgan fingerprint density at radius 2 is 1.84 bits per heavy atom. The first-order chi connectivity index (χ1) is 8.81. The molecule has 0 aliphatic rings. The highest BCUT2D eigenvalue weighted by atomic mass is 16.2. The number of amides is 2. The van der Waals surface area contributed by atoms with Gasteiger partial charge >= 0.3 is 0 Å². The zero-order valence-corrected chi connectivity index (χ0v) is 12.9. The van der Waals surface area contributed by atoms with Crippen LogP contribution in [0.1, 0.15) is 33.6 Å². The van der Waals surface area contributed by atoms with E-state index in [2.05, 4.69) is 19.2 Å². The summed E-state index contributed by atoms with van der Waals surface area (Å²) in [6.07, 6.45) is 1.42. The van der Waals surface area contributed by atoms with Gasteiger partial charge in [0.15, 0.2) is 0 Å². The number of hydrogen-bond acceptors (Lipinski definition) is 3. The SMILES string of the molecule is CNC(=O)C(C)CN(C)C(=O)C[C@@H](CN)CC(C)C. The summed E-state index contributed by atoms with van der Waals surface area (Å²) in [5.74, 6) is 0.589. The lowest BCUT2D eigenvalue weighted by atomic mass is 9.93. The maximum absolute atomic E-state index is 12.1. The van der Waals surface area contributed by atoms with E-state index >= 15 is 0 Å². The Balaban J connectivity index is 4.28. The number of hydrogen-bond donors (Lipinski definition) is 2. The quantitative estimate of drug-likeness (QED) is 0.687. The third-order valence-corrected chi connectivity index (χ3v) is 3.27. The fraction of sp³-hybridized carbons (Fsp3) is 0.857. The summed E-state index contributed by atoms with van der Waals surface area (Å²) >= 11 is 0. The molecule has 0 fully saturated rings. The molecule has 0 aliphatic heterocycles. The minimum Gasteiger partial charge on any atom is -0.359 e. The van der Waals surface area contributed by atoms with Crippen LogP contribution in [-0.4, -0.2) is 43.9 Å². The molecule has 19 heavy (non-hydrogen) atoms. The van der Waals surface area contributed by atoms with Crippen molar-refractivity contribution >= 4 is 11.8 Å². The molecule has 0 saturated heterocycles. The summed E-state index contributed by atoms with van der Waals surface area (Å²) in [6.45, 7) is 7.05. The van der Waals surface area contributed by atoms with Gasteiger partial charge in [0.1, 0.15) is 0 Å². The van der Waals surface area contributed by atoms with Crippen molar-refractivity contribution in [2.45, 2.75) is 33.6 Å². The monoisotopic (exact) mass is 271 g/mol. The first-order valence-electron chi connectivity index (χ1n) is 6.97. The maximum atomic E-state index is 12.1. The van der Waals surface area contributed by atoms with Crippen LogP contribution in [0.3, 0.4) is 0 Å². The van der Waals surface area contributed by atoms with Crippen molar-refractivity contribution in [3.8, 4) is 0 Å². The van der Waals surface area contributed by atoms with E-state index in [1.807, 2.05) is 6.92 Å². The zero-order chi connectivity index (χ0) is 15.0. The Bertz CT molecular complexity index is 292. The van der Waals surface area contributed by atoms with Gasteiger partial charge in [0, 0.05) is 27.1 Å². The van der Waals surface area contributed by atoms with Gasteiger partial charge in [-0.05, 0) is 24.8 Å². The summed E-state index contributed by atoms with van der Waals surface area (Å²) in [5.41, 5.74) is 5.71. The van der Waals surface area contributed by atoms with Crippen LogP contribution >= 0.6 is 0 Å². The molecule has 1 unspecified atom stereocenters. The van der Waals surface area contributed by atoms with Crippen LogP contribution in [-0.2, 0) is 9.59 Å². The smallest absolute Gasteiger partial charge is 0.224 e. The minimum atomic E-state index is -0.194. The van der Waals surface area contributed by atoms with Gasteiger partial charge in [0.2, 0.25) is 11.8 Å². The lowest BCUT2D eigenvalue weighted by Gasteiger charge is -2.24. The predicted octanol–water partition coefficient (Wildman–Crippen LogP) is 0.838. The van der Waals surface area contributed by atoms with Crippen LogP contribution in [0.15, 0.2) is 0 Å². The molecule has 3 N–H and O–H groups in total. The summed E-state index contributed by atoms with van der Waals surface area (Å²) in [5, 5.41) is 2.59. The van der Waals surface area contributed by atoms with Gasteiger partial charge in [0.05, 0.1) is 5.92 Å². The first kappa shape index (κ1) is 17.9. The zero-order valence-electron chi connectivity index (χ0n) is 12.9. The number of nitrogens with zero attached hydrogens (tertiary/aromatic N) is 1. The standard InChI is InChI=1S/C14H29N3O2/c1-10(2)6-12(8-15)7-13(18)17(5)9-11(3)14(19)16-4/h10-12H,6-9,15H2,1-5H3,(H,16,19)/t11?,12-/m0/s1. The van der Waals surface area contributed by atoms with E-state index in [0.717, 1.165) is 6.42 Å². The van der Waals surface area contributed by atoms with Gasteiger partial charge in [-0.1, -0.05) is 20.8 Å². The summed E-state index contributed by atoms with van der Waals surface area (Å²) in [7, 11) is 3.35. The second-order valence-corrected chi connectivity index (χ2v) is 5.72. The average molecular weight is 271 g/mol. The third-order valence-electron chi connectivity index (χ3n) is 3.27. The highest BCUT2D eigenvalue weighted by Crippen LogP contribution is 2.15. The van der Waals surface area contributed by atoms with Crippen molar-refractivity contribution in [2.24, 2.45) is 23.5 Å². The van der Waals surface area contributed by atoms with Gasteiger partial charge in [-0.2, -0.15) is 0 Å². The van der Waals surface area contributed by atoms with Crippen molar-refractivity contribution in [1.29, 1.82) is 0 Å². The molecule has 2 atom stereocenters. The Hall–Kier alpha value is -1.10. The molecule has 0 rings (SSSR count). The molecular weight excluding hydrogens is 242 g/mol. The van der Waals surface area contributed by atoms with Crippen molar-refractivity contribution in [3.63, 3.8) is 0 Å². The number of nitrogens with two attached hydrogens (primary N) is 1. The molecule has 0 saturated carbocycles. The summed E-state index contributed by atoms with van der Waals surface area (Å²) in [6, 6.07) is 0. The second kappa shape index (κ2) is 8.91. The summed E-state index contributed by atoms with van der Waals surface area (Å²) in [4.78, 5) is 25.1. The molecule has 0 heterocycles. The largest absolute Gasteiger partial charge is 0.359 e. The van der Waals surface area contributed by atoms with E-state index in [4.69, 9.17) is 5.73 Å². The van der Waals surface area contributed by atoms with Crippen molar-refractivity contribution in [2.75, 3.05) is 27.2 Å². The van der Waals surface area contributed by atoms with Gasteiger partial charge in [-0.15, -0.1) is 0 Å². The normalized spacial score (nSPS) is 14.1. The van der Waals surface area contributed by atoms with E-state index in [0.29, 0.717) is 25.4 Å². The predicted molar refractivity (Wildman–Crippen MR) is 77.5 cm³/mol. The highest BCUT2D eigenvalue weighted by Gasteiger charge is 2.20. The van der Waals surface area contributed by atoms with Gasteiger partial charge in [-0.25, -0.2) is 0 Å². The van der Waals surface area contributed by atoms with Crippen LogP contribution in [0.4, 0.5) is 0 Å². The number of nitrogens with one attached hydrogen (secondary N) is 1. The van der Waals surface area contributed by atoms with E-state index in [1.54, 1.807) is 19.0 Å². The highest BCUT2D eigenvalue weighted by molar-refractivity contribution is 5.80. The Morgan fingerprint density at radius 1 is 1.26 bits per heavy atom. The molecule has 0 aromatic carbocycles. The van der Waals surface area contributed by atoms with E-state index in [9.17, 15) is 9.59 Å². The lowest BCUT2D eigenvalue weighted by Crippen LogP contribution is -2.38. The van der Waals surface area contributed by atoms with E-state index < -0.39 is 0 Å². The topological polar surface area (TPSA) is 75.4 Å². The molecular formula is C14H29N3O2. The Morgan fingerprint density at radius 3 is 2.26 bits per heavy atom. The van der Waals surface area contributed by atoms with E-state index in [1.165, 1.54) is 0 Å². The van der Waals surface area contributed by atoms with E-state index in [-0.39, 0.29) is 23.7 Å². The molecule has 0 aliphatic carbocycles. The average Bonchev–Trinajstić information content (AvgIpc) is 2.35. The fourth-order valence-electron chi connectivity index (χ4n) is 2.17. The van der Waals surface area contributed by atoms with Crippen molar-refractivity contribution < 1.29 is 9.59 Å². The lowest BCUT2D eigenvalue weighted by molar-refractivity contribution is -0.132. The van der Waals surface area contributed by atoms with Gasteiger partial charge < -0.3 is 16.0 Å². The van der Waals surface area contributed by atoms with Crippen LogP contribution in [0, 0.1) is 17.8 Å². The second-order valence-electron chi connectivity index (χ2n) is 5.72. The molecule has 112 valence electrons. The van der Waals surface area contributed by atoms with Crippen LogP contribution in [0.25, 0.3) is 0 Å². The van der Waals surface area contributed by atoms with Crippen molar-refractivity contribution in [1.82, 2.24) is 10.2 Å². The Kier molecular flexibility index (Phi) is 8.39. The molecule has 0 radical (unpaired) electrons. The molecule has 0 aromatic heterocycles. The molecule has 0 aromatic rings. The number of carbonyl (C=O) groups is 2. The minimum absolute atomic E-state index is 0.0443. The van der Waals surface area contributed by atoms with Gasteiger partial charge in [0.25, 0.3) is 0 Å². The number of rotatable bonds is 8. The number of carbonyl (C=O) groups excluding carboxylic acids is 2. The van der Waals surface area contributed by atoms with Crippen LogP contribution in [0.2, 0.25) is 0 Å². The molecule has 2 amide bonds.